The molecule has 0 aliphatic heterocycles. The van der Waals surface area contributed by atoms with Gasteiger partial charge in [-0.1, -0.05) is 11.8 Å². The fraction of sp³-hybridized carbons (Fsp3) is 0.143. The van der Waals surface area contributed by atoms with E-state index in [4.69, 9.17) is 5.11 Å². The van der Waals surface area contributed by atoms with Crippen LogP contribution in [0.5, 0.6) is 0 Å². The molecular formula is C14H13N3O2. The number of carbonyl (C=O) groups excluding carboxylic acids is 1. The van der Waals surface area contributed by atoms with Crippen molar-refractivity contribution in [2.24, 2.45) is 0 Å². The highest BCUT2D eigenvalue weighted by Gasteiger charge is 2.08. The van der Waals surface area contributed by atoms with Crippen LogP contribution in [-0.2, 0) is 0 Å². The summed E-state index contributed by atoms with van der Waals surface area (Å²) in [4.78, 5) is 12.0. The highest BCUT2D eigenvalue weighted by Crippen LogP contribution is 2.11. The highest BCUT2D eigenvalue weighted by atomic mass is 16.2. The molecule has 0 atom stereocenters. The van der Waals surface area contributed by atoms with Gasteiger partial charge >= 0.3 is 0 Å². The molecule has 0 aliphatic carbocycles. The Morgan fingerprint density at radius 3 is 3.00 bits per heavy atom. The van der Waals surface area contributed by atoms with Gasteiger partial charge in [-0.2, -0.15) is 5.10 Å². The monoisotopic (exact) mass is 255 g/mol. The number of H-pyrrole nitrogens is 1. The number of anilines is 1. The van der Waals surface area contributed by atoms with E-state index in [2.05, 4.69) is 27.4 Å². The molecule has 5 heteroatoms. The van der Waals surface area contributed by atoms with Crippen LogP contribution in [-0.4, -0.2) is 27.8 Å². The Hall–Kier alpha value is -2.58. The van der Waals surface area contributed by atoms with Gasteiger partial charge in [-0.25, -0.2) is 0 Å². The molecule has 5 nitrogen and oxygen atoms in total. The zero-order chi connectivity index (χ0) is 13.7. The second-order valence-corrected chi connectivity index (χ2v) is 3.99. The number of aliphatic hydroxyl groups excluding tert-OH is 1. The third kappa shape index (κ3) is 3.44. The first-order valence-corrected chi connectivity index (χ1v) is 5.70. The maximum absolute atomic E-state index is 12.0. The summed E-state index contributed by atoms with van der Waals surface area (Å²) in [7, 11) is 0. The Kier molecular flexibility index (Phi) is 3.96. The predicted molar refractivity (Wildman–Crippen MR) is 71.7 cm³/mol. The Morgan fingerprint density at radius 1 is 1.47 bits per heavy atom. The van der Waals surface area contributed by atoms with Crippen LogP contribution >= 0.6 is 0 Å². The van der Waals surface area contributed by atoms with Gasteiger partial charge in [-0.3, -0.25) is 9.89 Å². The molecule has 3 N–H and O–H groups in total. The Balaban J connectivity index is 2.24. The minimum absolute atomic E-state index is 0.204. The van der Waals surface area contributed by atoms with Crippen LogP contribution in [0, 0.1) is 18.8 Å². The smallest absolute Gasteiger partial charge is 0.255 e. The summed E-state index contributed by atoms with van der Waals surface area (Å²) in [5.74, 6) is 5.13. The molecule has 1 heterocycles. The molecule has 2 rings (SSSR count). The van der Waals surface area contributed by atoms with Gasteiger partial charge in [0.25, 0.3) is 5.91 Å². The summed E-state index contributed by atoms with van der Waals surface area (Å²) in [6.45, 7) is 1.68. The number of hydrogen-bond acceptors (Lipinski definition) is 3. The van der Waals surface area contributed by atoms with Crippen molar-refractivity contribution in [1.29, 1.82) is 0 Å². The van der Waals surface area contributed by atoms with Crippen LogP contribution in [0.1, 0.15) is 21.5 Å². The van der Waals surface area contributed by atoms with Crippen molar-refractivity contribution in [2.75, 3.05) is 11.9 Å². The molecule has 1 aromatic heterocycles. The summed E-state index contributed by atoms with van der Waals surface area (Å²) in [5, 5.41) is 17.8. The van der Waals surface area contributed by atoms with E-state index in [0.717, 1.165) is 5.56 Å². The normalized spacial score (nSPS) is 9.58. The Labute approximate surface area is 110 Å². The number of carbonyl (C=O) groups is 1. The Bertz CT molecular complexity index is 636. The number of aryl methyl sites for hydroxylation is 1. The lowest BCUT2D eigenvalue weighted by molar-refractivity contribution is 0.102. The number of nitrogens with zero attached hydrogens (tertiary/aromatic N) is 1. The molecule has 0 fully saturated rings. The summed E-state index contributed by atoms with van der Waals surface area (Å²) < 4.78 is 0. The number of amides is 1. The number of hydrogen-bond donors (Lipinski definition) is 3. The van der Waals surface area contributed by atoms with Gasteiger partial charge in [0.05, 0.1) is 11.9 Å². The lowest BCUT2D eigenvalue weighted by atomic mass is 10.1. The molecular weight excluding hydrogens is 242 g/mol. The molecule has 0 spiro atoms. The van der Waals surface area contributed by atoms with E-state index in [1.807, 2.05) is 13.0 Å². The lowest BCUT2D eigenvalue weighted by Crippen LogP contribution is -2.11. The van der Waals surface area contributed by atoms with Crippen LogP contribution in [0.2, 0.25) is 0 Å². The average molecular weight is 255 g/mol. The van der Waals surface area contributed by atoms with Crippen LogP contribution in [0.3, 0.4) is 0 Å². The first-order valence-electron chi connectivity index (χ1n) is 5.70. The number of rotatable bonds is 2. The second kappa shape index (κ2) is 5.85. The molecule has 2 aromatic rings. The molecule has 19 heavy (non-hydrogen) atoms. The second-order valence-electron chi connectivity index (χ2n) is 3.99. The van der Waals surface area contributed by atoms with E-state index in [1.165, 1.54) is 6.20 Å². The first-order chi connectivity index (χ1) is 9.19. The third-order valence-electron chi connectivity index (χ3n) is 2.41. The van der Waals surface area contributed by atoms with Gasteiger partial charge in [0.1, 0.15) is 6.61 Å². The Morgan fingerprint density at radius 2 is 2.32 bits per heavy atom. The summed E-state index contributed by atoms with van der Waals surface area (Å²) in [5.41, 5.74) is 2.76. The largest absolute Gasteiger partial charge is 0.384 e. The summed E-state index contributed by atoms with van der Waals surface area (Å²) in [6, 6.07) is 5.32. The van der Waals surface area contributed by atoms with Crippen LogP contribution in [0.25, 0.3) is 0 Å². The number of aromatic nitrogens is 2. The molecule has 0 unspecified atom stereocenters. The minimum Gasteiger partial charge on any atom is -0.384 e. The van der Waals surface area contributed by atoms with E-state index < -0.39 is 0 Å². The molecule has 1 aromatic carbocycles. The van der Waals surface area contributed by atoms with Crippen LogP contribution in [0.4, 0.5) is 5.69 Å². The van der Waals surface area contributed by atoms with Gasteiger partial charge in [0, 0.05) is 17.3 Å². The van der Waals surface area contributed by atoms with Gasteiger partial charge in [0.2, 0.25) is 0 Å². The number of benzene rings is 1. The molecule has 96 valence electrons. The van der Waals surface area contributed by atoms with Gasteiger partial charge in [-0.15, -0.1) is 0 Å². The van der Waals surface area contributed by atoms with Crippen molar-refractivity contribution >= 4 is 11.6 Å². The quantitative estimate of drug-likeness (QED) is 0.708. The van der Waals surface area contributed by atoms with Gasteiger partial charge in [-0.05, 0) is 30.7 Å². The minimum atomic E-state index is -0.225. The molecule has 1 amide bonds. The number of nitrogens with one attached hydrogen (secondary N) is 2. The molecule has 0 radical (unpaired) electrons. The van der Waals surface area contributed by atoms with Crippen molar-refractivity contribution < 1.29 is 9.90 Å². The van der Waals surface area contributed by atoms with Crippen LogP contribution < -0.4 is 5.32 Å². The standard InChI is InChI=1S/C14H13N3O2/c1-10-5-11(3-2-4-18)7-12(6-10)14(19)17-13-8-15-16-9-13/h5-9,18H,4H2,1H3,(H,15,16)(H,17,19). The number of aliphatic hydroxyl groups is 1. The topological polar surface area (TPSA) is 78.0 Å². The zero-order valence-electron chi connectivity index (χ0n) is 10.4. The maximum Gasteiger partial charge on any atom is 0.255 e. The molecule has 0 saturated heterocycles. The van der Waals surface area contributed by atoms with E-state index in [0.29, 0.717) is 16.8 Å². The van der Waals surface area contributed by atoms with Crippen molar-refractivity contribution in [3.8, 4) is 11.8 Å². The van der Waals surface area contributed by atoms with Crippen molar-refractivity contribution in [3.05, 3.63) is 47.3 Å². The molecule has 0 aliphatic rings. The van der Waals surface area contributed by atoms with E-state index in [-0.39, 0.29) is 12.5 Å². The van der Waals surface area contributed by atoms with E-state index in [1.54, 1.807) is 18.3 Å². The predicted octanol–water partition coefficient (Wildman–Crippen LogP) is 1.31. The number of aromatic amines is 1. The molecule has 0 bridgehead atoms. The van der Waals surface area contributed by atoms with Crippen molar-refractivity contribution in [1.82, 2.24) is 10.2 Å². The molecule has 0 saturated carbocycles. The van der Waals surface area contributed by atoms with Crippen molar-refractivity contribution in [3.63, 3.8) is 0 Å². The van der Waals surface area contributed by atoms with E-state index in [9.17, 15) is 4.79 Å². The van der Waals surface area contributed by atoms with Gasteiger partial charge < -0.3 is 10.4 Å². The van der Waals surface area contributed by atoms with Crippen molar-refractivity contribution in [2.45, 2.75) is 6.92 Å². The van der Waals surface area contributed by atoms with Gasteiger partial charge in [0.15, 0.2) is 0 Å². The summed E-state index contributed by atoms with van der Waals surface area (Å²) >= 11 is 0. The summed E-state index contributed by atoms with van der Waals surface area (Å²) in [6.07, 6.45) is 3.13. The zero-order valence-corrected chi connectivity index (χ0v) is 10.4. The van der Waals surface area contributed by atoms with E-state index >= 15 is 0 Å². The van der Waals surface area contributed by atoms with Crippen LogP contribution in [0.15, 0.2) is 30.6 Å². The fourth-order valence-corrected chi connectivity index (χ4v) is 1.65. The highest BCUT2D eigenvalue weighted by molar-refractivity contribution is 6.04. The average Bonchev–Trinajstić information content (AvgIpc) is 2.88. The first kappa shape index (κ1) is 12.9. The third-order valence-corrected chi connectivity index (χ3v) is 2.41. The SMILES string of the molecule is Cc1cc(C#CCO)cc(C(=O)Nc2cn[nH]c2)c1. The maximum atomic E-state index is 12.0. The lowest BCUT2D eigenvalue weighted by Gasteiger charge is -2.04. The fourth-order valence-electron chi connectivity index (χ4n) is 1.65.